The Labute approximate surface area is 89.6 Å². The van der Waals surface area contributed by atoms with Gasteiger partial charge in [0, 0.05) is 6.04 Å². The minimum absolute atomic E-state index is 0.180. The van der Waals surface area contributed by atoms with E-state index < -0.39 is 18.0 Å². The number of carbonyl (C=O) groups is 2. The van der Waals surface area contributed by atoms with Crippen molar-refractivity contribution in [1.82, 2.24) is 10.6 Å². The fraction of sp³-hybridized carbons (Fsp3) is 0.600. The van der Waals surface area contributed by atoms with Crippen LogP contribution in [-0.2, 0) is 4.79 Å². The van der Waals surface area contributed by atoms with Crippen molar-refractivity contribution in [2.45, 2.75) is 38.8 Å². The molecule has 0 bridgehead atoms. The fourth-order valence-corrected chi connectivity index (χ4v) is 1.01. The number of rotatable bonds is 6. The molecule has 0 aliphatic rings. The van der Waals surface area contributed by atoms with E-state index in [0.29, 0.717) is 12.8 Å². The molecule has 5 nitrogen and oxygen atoms in total. The molecule has 0 fully saturated rings. The molecule has 0 spiro atoms. The average Bonchev–Trinajstić information content (AvgIpc) is 2.16. The van der Waals surface area contributed by atoms with Gasteiger partial charge in [-0.1, -0.05) is 19.4 Å². The van der Waals surface area contributed by atoms with Crippen molar-refractivity contribution in [2.24, 2.45) is 0 Å². The van der Waals surface area contributed by atoms with E-state index in [1.807, 2.05) is 6.92 Å². The van der Waals surface area contributed by atoms with Crippen LogP contribution >= 0.6 is 0 Å². The minimum Gasteiger partial charge on any atom is -0.480 e. The highest BCUT2D eigenvalue weighted by Gasteiger charge is 2.18. The standard InChI is InChI=1S/C10H18N2O3/c1-4-6-8(9(13)14)12-10(15)11-7(3)5-2/h5,7-8H,2,4,6H2,1,3H3,(H,13,14)(H2,11,12,15). The zero-order chi connectivity index (χ0) is 11.8. The highest BCUT2D eigenvalue weighted by atomic mass is 16.4. The van der Waals surface area contributed by atoms with Gasteiger partial charge >= 0.3 is 12.0 Å². The minimum atomic E-state index is -1.02. The van der Waals surface area contributed by atoms with Crippen molar-refractivity contribution in [3.63, 3.8) is 0 Å². The fourth-order valence-electron chi connectivity index (χ4n) is 1.01. The van der Waals surface area contributed by atoms with Crippen LogP contribution in [0, 0.1) is 0 Å². The molecular formula is C10H18N2O3. The van der Waals surface area contributed by atoms with E-state index in [1.165, 1.54) is 0 Å². The molecule has 86 valence electrons. The summed E-state index contributed by atoms with van der Waals surface area (Å²) in [6.07, 6.45) is 2.69. The van der Waals surface area contributed by atoms with E-state index in [-0.39, 0.29) is 6.04 Å². The van der Waals surface area contributed by atoms with Gasteiger partial charge in [-0.05, 0) is 13.3 Å². The number of aliphatic carboxylic acids is 1. The number of carboxylic acid groups (broad SMARTS) is 1. The largest absolute Gasteiger partial charge is 0.480 e. The Morgan fingerprint density at radius 2 is 2.07 bits per heavy atom. The number of hydrogen-bond donors (Lipinski definition) is 3. The molecule has 0 aromatic rings. The second-order valence-electron chi connectivity index (χ2n) is 3.32. The van der Waals surface area contributed by atoms with Gasteiger partial charge in [-0.25, -0.2) is 9.59 Å². The van der Waals surface area contributed by atoms with Gasteiger partial charge in [0.1, 0.15) is 6.04 Å². The maximum absolute atomic E-state index is 11.3. The summed E-state index contributed by atoms with van der Waals surface area (Å²) in [7, 11) is 0. The smallest absolute Gasteiger partial charge is 0.326 e. The number of nitrogens with one attached hydrogen (secondary N) is 2. The third kappa shape index (κ3) is 5.72. The maximum Gasteiger partial charge on any atom is 0.326 e. The van der Waals surface area contributed by atoms with Crippen LogP contribution in [0.5, 0.6) is 0 Å². The highest BCUT2D eigenvalue weighted by molar-refractivity contribution is 5.82. The second kappa shape index (κ2) is 6.86. The first-order valence-electron chi connectivity index (χ1n) is 4.93. The summed E-state index contributed by atoms with van der Waals surface area (Å²) in [5.74, 6) is -1.02. The molecule has 3 N–H and O–H groups in total. The van der Waals surface area contributed by atoms with E-state index in [1.54, 1.807) is 13.0 Å². The predicted molar refractivity (Wildman–Crippen MR) is 57.7 cm³/mol. The van der Waals surface area contributed by atoms with Gasteiger partial charge in [-0.2, -0.15) is 0 Å². The van der Waals surface area contributed by atoms with E-state index >= 15 is 0 Å². The summed E-state index contributed by atoms with van der Waals surface area (Å²) in [6.45, 7) is 7.12. The molecule has 2 amide bonds. The van der Waals surface area contributed by atoms with Crippen LogP contribution in [0.1, 0.15) is 26.7 Å². The van der Waals surface area contributed by atoms with Gasteiger partial charge in [-0.15, -0.1) is 6.58 Å². The van der Waals surface area contributed by atoms with E-state index in [2.05, 4.69) is 17.2 Å². The quantitative estimate of drug-likeness (QED) is 0.579. The van der Waals surface area contributed by atoms with Crippen LogP contribution in [0.2, 0.25) is 0 Å². The molecule has 2 atom stereocenters. The molecule has 0 rings (SSSR count). The van der Waals surface area contributed by atoms with E-state index in [0.717, 1.165) is 0 Å². The van der Waals surface area contributed by atoms with E-state index in [4.69, 9.17) is 5.11 Å². The molecule has 0 aromatic carbocycles. The Balaban J connectivity index is 4.10. The first-order valence-corrected chi connectivity index (χ1v) is 4.93. The maximum atomic E-state index is 11.3. The lowest BCUT2D eigenvalue weighted by molar-refractivity contribution is -0.139. The van der Waals surface area contributed by atoms with Crippen molar-refractivity contribution in [3.8, 4) is 0 Å². The third-order valence-corrected chi connectivity index (χ3v) is 1.89. The summed E-state index contributed by atoms with van der Waals surface area (Å²) >= 11 is 0. The third-order valence-electron chi connectivity index (χ3n) is 1.89. The zero-order valence-corrected chi connectivity index (χ0v) is 9.12. The molecule has 5 heteroatoms. The Morgan fingerprint density at radius 3 is 2.47 bits per heavy atom. The van der Waals surface area contributed by atoms with Crippen LogP contribution in [0.15, 0.2) is 12.7 Å². The van der Waals surface area contributed by atoms with Crippen LogP contribution < -0.4 is 10.6 Å². The van der Waals surface area contributed by atoms with Crippen LogP contribution in [0.3, 0.4) is 0 Å². The van der Waals surface area contributed by atoms with Gasteiger partial charge < -0.3 is 15.7 Å². The van der Waals surface area contributed by atoms with Gasteiger partial charge in [0.05, 0.1) is 0 Å². The lowest BCUT2D eigenvalue weighted by Gasteiger charge is -2.15. The topological polar surface area (TPSA) is 78.4 Å². The van der Waals surface area contributed by atoms with Gasteiger partial charge in [0.25, 0.3) is 0 Å². The van der Waals surface area contributed by atoms with Gasteiger partial charge in [-0.3, -0.25) is 0 Å². The molecule has 0 saturated heterocycles. The first-order chi connectivity index (χ1) is 7.01. The molecule has 0 radical (unpaired) electrons. The van der Waals surface area contributed by atoms with E-state index in [9.17, 15) is 9.59 Å². The van der Waals surface area contributed by atoms with Crippen LogP contribution in [0.4, 0.5) is 4.79 Å². The molecule has 0 heterocycles. The lowest BCUT2D eigenvalue weighted by Crippen LogP contribution is -2.47. The lowest BCUT2D eigenvalue weighted by atomic mass is 10.2. The summed E-state index contributed by atoms with van der Waals surface area (Å²) in [4.78, 5) is 22.0. The van der Waals surface area contributed by atoms with Gasteiger partial charge in [0.15, 0.2) is 0 Å². The monoisotopic (exact) mass is 214 g/mol. The Bertz CT molecular complexity index is 241. The Morgan fingerprint density at radius 1 is 1.47 bits per heavy atom. The number of urea groups is 1. The Kier molecular flexibility index (Phi) is 6.17. The predicted octanol–water partition coefficient (Wildman–Crippen LogP) is 1.11. The van der Waals surface area contributed by atoms with Crippen molar-refractivity contribution in [2.75, 3.05) is 0 Å². The summed E-state index contributed by atoms with van der Waals surface area (Å²) in [5.41, 5.74) is 0. The van der Waals surface area contributed by atoms with Crippen molar-refractivity contribution in [3.05, 3.63) is 12.7 Å². The van der Waals surface area contributed by atoms with Crippen molar-refractivity contribution >= 4 is 12.0 Å². The highest BCUT2D eigenvalue weighted by Crippen LogP contribution is 1.96. The van der Waals surface area contributed by atoms with Crippen molar-refractivity contribution < 1.29 is 14.7 Å². The number of amides is 2. The Hall–Kier alpha value is -1.52. The number of carbonyl (C=O) groups excluding carboxylic acids is 1. The molecule has 0 aromatic heterocycles. The zero-order valence-electron chi connectivity index (χ0n) is 9.12. The molecule has 0 aliphatic heterocycles. The van der Waals surface area contributed by atoms with Gasteiger partial charge in [0.2, 0.25) is 0 Å². The molecule has 0 aliphatic carbocycles. The average molecular weight is 214 g/mol. The molecule has 0 saturated carbocycles. The first kappa shape index (κ1) is 13.5. The molecule has 2 unspecified atom stereocenters. The second-order valence-corrected chi connectivity index (χ2v) is 3.32. The summed E-state index contributed by atoms with van der Waals surface area (Å²) < 4.78 is 0. The van der Waals surface area contributed by atoms with Crippen LogP contribution in [0.25, 0.3) is 0 Å². The summed E-state index contributed by atoms with van der Waals surface area (Å²) in [5, 5.41) is 13.7. The normalized spacial score (nSPS) is 13.7. The van der Waals surface area contributed by atoms with Crippen LogP contribution in [-0.4, -0.2) is 29.2 Å². The molecule has 15 heavy (non-hydrogen) atoms. The SMILES string of the molecule is C=CC(C)NC(=O)NC(CCC)C(=O)O. The summed E-state index contributed by atoms with van der Waals surface area (Å²) in [6, 6.07) is -1.49. The number of carboxylic acids is 1. The molecular weight excluding hydrogens is 196 g/mol. The number of hydrogen-bond acceptors (Lipinski definition) is 2. The van der Waals surface area contributed by atoms with Crippen molar-refractivity contribution in [1.29, 1.82) is 0 Å².